The fraction of sp³-hybridized carbons (Fsp3) is 0.412. The van der Waals surface area contributed by atoms with Crippen LogP contribution in [0.3, 0.4) is 0 Å². The monoisotopic (exact) mass is 394 g/mol. The van der Waals surface area contributed by atoms with E-state index in [4.69, 9.17) is 0 Å². The summed E-state index contributed by atoms with van der Waals surface area (Å²) in [5, 5.41) is 9.84. The van der Waals surface area contributed by atoms with Crippen LogP contribution < -0.4 is 10.6 Å². The minimum absolute atomic E-state index is 0.471. The number of aliphatic imine (C=N–C) groups is 1. The van der Waals surface area contributed by atoms with Crippen molar-refractivity contribution in [1.82, 2.24) is 15.6 Å². The van der Waals surface area contributed by atoms with Crippen LogP contribution in [-0.2, 0) is 13.1 Å². The summed E-state index contributed by atoms with van der Waals surface area (Å²) in [6.45, 7) is 8.56. The van der Waals surface area contributed by atoms with Gasteiger partial charge in [-0.2, -0.15) is 0 Å². The van der Waals surface area contributed by atoms with Gasteiger partial charge in [0.25, 0.3) is 0 Å². The summed E-state index contributed by atoms with van der Waals surface area (Å²) in [7, 11) is 0. The van der Waals surface area contributed by atoms with Gasteiger partial charge in [-0.1, -0.05) is 41.9 Å². The minimum Gasteiger partial charge on any atom is -0.357 e. The summed E-state index contributed by atoms with van der Waals surface area (Å²) >= 11 is 5.18. The van der Waals surface area contributed by atoms with Crippen molar-refractivity contribution in [3.05, 3.63) is 50.4 Å². The fourth-order valence-corrected chi connectivity index (χ4v) is 3.32. The van der Waals surface area contributed by atoms with E-state index in [1.807, 2.05) is 12.1 Å². The summed E-state index contributed by atoms with van der Waals surface area (Å²) in [5.74, 6) is 1.28. The smallest absolute Gasteiger partial charge is 0.191 e. The first-order chi connectivity index (χ1) is 11.1. The highest BCUT2D eigenvalue weighted by atomic mass is 79.9. The van der Waals surface area contributed by atoms with Gasteiger partial charge in [0.2, 0.25) is 0 Å². The van der Waals surface area contributed by atoms with Gasteiger partial charge in [0, 0.05) is 16.4 Å². The van der Waals surface area contributed by atoms with Crippen LogP contribution in [0.15, 0.2) is 39.1 Å². The maximum Gasteiger partial charge on any atom is 0.191 e. The van der Waals surface area contributed by atoms with E-state index < -0.39 is 0 Å². The van der Waals surface area contributed by atoms with Crippen LogP contribution in [0.25, 0.3) is 0 Å². The molecule has 124 valence electrons. The molecule has 6 heteroatoms. The van der Waals surface area contributed by atoms with E-state index in [1.54, 1.807) is 11.3 Å². The van der Waals surface area contributed by atoms with Crippen molar-refractivity contribution in [2.24, 2.45) is 4.99 Å². The highest BCUT2D eigenvalue weighted by Crippen LogP contribution is 2.17. The summed E-state index contributed by atoms with van der Waals surface area (Å²) in [6, 6.07) is 8.21. The van der Waals surface area contributed by atoms with E-state index in [0.29, 0.717) is 19.0 Å². The van der Waals surface area contributed by atoms with Crippen LogP contribution in [0.1, 0.15) is 43.0 Å². The molecule has 0 atom stereocenters. The molecular weight excluding hydrogens is 372 g/mol. The van der Waals surface area contributed by atoms with Crippen molar-refractivity contribution in [2.45, 2.75) is 39.8 Å². The van der Waals surface area contributed by atoms with E-state index >= 15 is 0 Å². The number of hydrogen-bond donors (Lipinski definition) is 2. The lowest BCUT2D eigenvalue weighted by Gasteiger charge is -2.10. The predicted octanol–water partition coefficient (Wildman–Crippen LogP) is 4.28. The maximum atomic E-state index is 4.64. The van der Waals surface area contributed by atoms with Crippen LogP contribution in [0.5, 0.6) is 0 Å². The molecule has 0 bridgehead atoms. The molecule has 0 saturated carbocycles. The lowest BCUT2D eigenvalue weighted by Crippen LogP contribution is -2.36. The average molecular weight is 395 g/mol. The zero-order chi connectivity index (χ0) is 16.7. The Kier molecular flexibility index (Phi) is 7.05. The molecule has 1 heterocycles. The lowest BCUT2D eigenvalue weighted by atomic mass is 10.2. The first-order valence-electron chi connectivity index (χ1n) is 7.79. The Hall–Kier alpha value is -1.40. The van der Waals surface area contributed by atoms with Crippen LogP contribution in [0.4, 0.5) is 0 Å². The summed E-state index contributed by atoms with van der Waals surface area (Å²) in [6.07, 6.45) is 0. The molecule has 4 nitrogen and oxygen atoms in total. The van der Waals surface area contributed by atoms with E-state index in [0.717, 1.165) is 27.7 Å². The molecule has 0 aliphatic heterocycles. The Morgan fingerprint density at radius 3 is 2.83 bits per heavy atom. The van der Waals surface area contributed by atoms with Crippen LogP contribution in [0, 0.1) is 0 Å². The Morgan fingerprint density at radius 2 is 2.17 bits per heavy atom. The molecule has 0 saturated heterocycles. The van der Waals surface area contributed by atoms with Gasteiger partial charge in [-0.15, -0.1) is 11.3 Å². The molecule has 1 aromatic carbocycles. The van der Waals surface area contributed by atoms with Gasteiger partial charge in [0.1, 0.15) is 5.01 Å². The second kappa shape index (κ2) is 9.03. The van der Waals surface area contributed by atoms with Crippen LogP contribution >= 0.6 is 27.3 Å². The minimum atomic E-state index is 0.471. The fourth-order valence-electron chi connectivity index (χ4n) is 1.98. The first-order valence-corrected chi connectivity index (χ1v) is 9.46. The normalized spacial score (nSPS) is 11.8. The lowest BCUT2D eigenvalue weighted by molar-refractivity contribution is 0.788. The Balaban J connectivity index is 1.95. The number of benzene rings is 1. The second-order valence-corrected chi connectivity index (χ2v) is 7.36. The van der Waals surface area contributed by atoms with Crippen molar-refractivity contribution in [3.63, 3.8) is 0 Å². The SMILES string of the molecule is CCNC(=NCc1cccc(Br)c1)NCc1nc(C(C)C)cs1. The molecule has 2 N–H and O–H groups in total. The Labute approximate surface area is 150 Å². The summed E-state index contributed by atoms with van der Waals surface area (Å²) < 4.78 is 1.08. The van der Waals surface area contributed by atoms with Crippen molar-refractivity contribution in [2.75, 3.05) is 6.54 Å². The summed E-state index contributed by atoms with van der Waals surface area (Å²) in [4.78, 5) is 9.27. The number of rotatable bonds is 6. The van der Waals surface area contributed by atoms with Gasteiger partial charge in [0.05, 0.1) is 18.8 Å². The number of nitrogens with zero attached hydrogens (tertiary/aromatic N) is 2. The van der Waals surface area contributed by atoms with Crippen LogP contribution in [0.2, 0.25) is 0 Å². The Bertz CT molecular complexity index is 652. The molecule has 1 aromatic heterocycles. The number of guanidine groups is 1. The van der Waals surface area contributed by atoms with Gasteiger partial charge in [-0.25, -0.2) is 9.98 Å². The van der Waals surface area contributed by atoms with E-state index in [1.165, 1.54) is 5.56 Å². The van der Waals surface area contributed by atoms with E-state index in [-0.39, 0.29) is 0 Å². The second-order valence-electron chi connectivity index (χ2n) is 5.50. The van der Waals surface area contributed by atoms with Gasteiger partial charge >= 0.3 is 0 Å². The number of halogens is 1. The van der Waals surface area contributed by atoms with Gasteiger partial charge in [-0.3, -0.25) is 0 Å². The molecule has 23 heavy (non-hydrogen) atoms. The third-order valence-electron chi connectivity index (χ3n) is 3.22. The largest absolute Gasteiger partial charge is 0.357 e. The number of hydrogen-bond acceptors (Lipinski definition) is 3. The molecular formula is C17H23BrN4S. The predicted molar refractivity (Wildman–Crippen MR) is 102 cm³/mol. The van der Waals surface area contributed by atoms with Gasteiger partial charge in [0.15, 0.2) is 5.96 Å². The number of nitrogens with one attached hydrogen (secondary N) is 2. The topological polar surface area (TPSA) is 49.3 Å². The van der Waals surface area contributed by atoms with Gasteiger partial charge in [-0.05, 0) is 30.5 Å². The molecule has 2 rings (SSSR count). The molecule has 0 fully saturated rings. The molecule has 0 amide bonds. The highest BCUT2D eigenvalue weighted by Gasteiger charge is 2.06. The third kappa shape index (κ3) is 5.95. The van der Waals surface area contributed by atoms with Crippen molar-refractivity contribution >= 4 is 33.2 Å². The van der Waals surface area contributed by atoms with E-state index in [2.05, 4.69) is 74.8 Å². The number of thiazole rings is 1. The first kappa shape index (κ1) is 17.9. The zero-order valence-electron chi connectivity index (χ0n) is 13.8. The number of aromatic nitrogens is 1. The van der Waals surface area contributed by atoms with Crippen molar-refractivity contribution in [3.8, 4) is 0 Å². The quantitative estimate of drug-likeness (QED) is 0.567. The van der Waals surface area contributed by atoms with Gasteiger partial charge < -0.3 is 10.6 Å². The molecule has 0 aliphatic rings. The highest BCUT2D eigenvalue weighted by molar-refractivity contribution is 9.10. The van der Waals surface area contributed by atoms with Crippen molar-refractivity contribution in [1.29, 1.82) is 0 Å². The average Bonchev–Trinajstić information content (AvgIpc) is 2.99. The molecule has 0 aliphatic carbocycles. The third-order valence-corrected chi connectivity index (χ3v) is 4.58. The Morgan fingerprint density at radius 1 is 1.35 bits per heavy atom. The molecule has 2 aromatic rings. The molecule has 0 spiro atoms. The van der Waals surface area contributed by atoms with Crippen LogP contribution in [-0.4, -0.2) is 17.5 Å². The maximum absolute atomic E-state index is 4.64. The standard InChI is InChI=1S/C17H23BrN4S/c1-4-19-17(20-9-13-6-5-7-14(18)8-13)21-10-16-22-15(11-23-16)12(2)3/h5-8,11-12H,4,9-10H2,1-3H3,(H2,19,20,21). The zero-order valence-corrected chi connectivity index (χ0v) is 16.2. The van der Waals surface area contributed by atoms with E-state index in [9.17, 15) is 0 Å². The molecule has 0 unspecified atom stereocenters. The van der Waals surface area contributed by atoms with Crippen molar-refractivity contribution < 1.29 is 0 Å². The molecule has 0 radical (unpaired) electrons. The summed E-state index contributed by atoms with van der Waals surface area (Å²) in [5.41, 5.74) is 2.33.